The molecule has 0 amide bonds. The van der Waals surface area contributed by atoms with Crippen molar-refractivity contribution in [1.82, 2.24) is 0 Å². The second-order valence-corrected chi connectivity index (χ2v) is 14.8. The van der Waals surface area contributed by atoms with Crippen LogP contribution < -0.4 is 0 Å². The SMILES string of the molecule is C=C(C)[C@@]12OC34CCCCCCC[C@H](C)[C@@H]5[C@@H]6[C@]7(O[C@@]5(C)OC7=O)[C@H](O)[C@@]5(CO)O[C@H]5[C@@H]([C@H]1O3)[C@]6(O4)[C@H](C)[C@H]2OC(C)=O. The summed E-state index contributed by atoms with van der Waals surface area (Å²) in [6, 6.07) is 0. The summed E-state index contributed by atoms with van der Waals surface area (Å²) in [7, 11) is 0. The maximum atomic E-state index is 14.2. The predicted octanol–water partition coefficient (Wildman–Crippen LogP) is 2.50. The molecule has 8 fully saturated rings. The van der Waals surface area contributed by atoms with Gasteiger partial charge in [-0.05, 0) is 24.8 Å². The molecule has 0 aromatic rings. The van der Waals surface area contributed by atoms with Crippen molar-refractivity contribution in [3.63, 3.8) is 0 Å². The van der Waals surface area contributed by atoms with Crippen molar-refractivity contribution in [3.05, 3.63) is 12.2 Å². The van der Waals surface area contributed by atoms with E-state index in [9.17, 15) is 19.8 Å². The molecule has 8 rings (SSSR count). The van der Waals surface area contributed by atoms with Gasteiger partial charge in [-0.2, -0.15) is 0 Å². The van der Waals surface area contributed by atoms with Gasteiger partial charge in [0.2, 0.25) is 11.4 Å². The van der Waals surface area contributed by atoms with E-state index in [1.165, 1.54) is 6.92 Å². The van der Waals surface area contributed by atoms with Crippen LogP contribution in [0.25, 0.3) is 0 Å². The standard InChI is InChI=1S/C32H44O11/c1-15(2)30-22(37-18(5)34)17(4)31-20-23-28(14-33,38-23)25(35)32-21(31)19(27(6,41-32)40-26(32)36)16(3)12-10-8-7-9-11-13-29(42-30,43-31)39-24(20)30/h16-17,19-25,33,35H,1,7-14H2,2-6H3/t16-,17+,19+,20-,21-,22+,23-,24+,25+,27+,28-,29?,30-,31+,32-/m0/s1. The first-order valence-corrected chi connectivity index (χ1v) is 16.1. The van der Waals surface area contributed by atoms with Gasteiger partial charge >= 0.3 is 11.9 Å². The van der Waals surface area contributed by atoms with E-state index in [0.717, 1.165) is 38.5 Å². The van der Waals surface area contributed by atoms with E-state index in [1.807, 2.05) is 13.8 Å². The number of esters is 2. The number of hydrogen-bond donors (Lipinski definition) is 2. The summed E-state index contributed by atoms with van der Waals surface area (Å²) in [5, 5.41) is 23.2. The summed E-state index contributed by atoms with van der Waals surface area (Å²) in [4.78, 5) is 26.9. The van der Waals surface area contributed by atoms with E-state index in [2.05, 4.69) is 13.5 Å². The van der Waals surface area contributed by atoms with Gasteiger partial charge in [-0.25, -0.2) is 4.79 Å². The van der Waals surface area contributed by atoms with Crippen molar-refractivity contribution in [2.75, 3.05) is 6.61 Å². The monoisotopic (exact) mass is 604 g/mol. The lowest BCUT2D eigenvalue weighted by Crippen LogP contribution is -2.78. The number of aliphatic hydroxyl groups is 2. The van der Waals surface area contributed by atoms with Gasteiger partial charge in [0.25, 0.3) is 5.97 Å². The third-order valence-corrected chi connectivity index (χ3v) is 12.6. The van der Waals surface area contributed by atoms with Gasteiger partial charge in [-0.15, -0.1) is 0 Å². The zero-order valence-corrected chi connectivity index (χ0v) is 25.6. The van der Waals surface area contributed by atoms with Gasteiger partial charge in [0.05, 0.1) is 12.2 Å². The average molecular weight is 605 g/mol. The highest BCUT2D eigenvalue weighted by Gasteiger charge is 2.95. The Kier molecular flexibility index (Phi) is 5.77. The molecule has 238 valence electrons. The molecule has 5 bridgehead atoms. The Balaban J connectivity index is 1.45. The molecule has 6 aliphatic heterocycles. The van der Waals surface area contributed by atoms with Gasteiger partial charge in [0.1, 0.15) is 30.0 Å². The summed E-state index contributed by atoms with van der Waals surface area (Å²) >= 11 is 0. The van der Waals surface area contributed by atoms with Crippen LogP contribution >= 0.6 is 0 Å². The summed E-state index contributed by atoms with van der Waals surface area (Å²) < 4.78 is 46.5. The zero-order chi connectivity index (χ0) is 30.5. The van der Waals surface area contributed by atoms with E-state index in [-0.39, 0.29) is 11.8 Å². The lowest BCUT2D eigenvalue weighted by molar-refractivity contribution is -0.436. The van der Waals surface area contributed by atoms with E-state index < -0.39 is 94.9 Å². The molecule has 43 heavy (non-hydrogen) atoms. The first-order chi connectivity index (χ1) is 20.3. The Morgan fingerprint density at radius 2 is 1.74 bits per heavy atom. The Hall–Kier alpha value is -1.60. The first kappa shape index (κ1) is 28.8. The van der Waals surface area contributed by atoms with Gasteiger partial charge < -0.3 is 43.4 Å². The van der Waals surface area contributed by atoms with Crippen LogP contribution in [0.3, 0.4) is 0 Å². The maximum absolute atomic E-state index is 14.2. The Bertz CT molecular complexity index is 1290. The largest absolute Gasteiger partial charge is 0.459 e. The van der Waals surface area contributed by atoms with Crippen LogP contribution in [-0.4, -0.2) is 87.3 Å². The first-order valence-electron chi connectivity index (χ1n) is 16.1. The molecule has 0 aromatic carbocycles. The quantitative estimate of drug-likeness (QED) is 0.279. The van der Waals surface area contributed by atoms with Crippen molar-refractivity contribution in [3.8, 4) is 0 Å². The van der Waals surface area contributed by atoms with E-state index in [0.29, 0.717) is 12.0 Å². The van der Waals surface area contributed by atoms with Crippen LogP contribution in [0.15, 0.2) is 12.2 Å². The van der Waals surface area contributed by atoms with Crippen LogP contribution in [0, 0.1) is 29.6 Å². The molecular formula is C32H44O11. The summed E-state index contributed by atoms with van der Waals surface area (Å²) in [6.07, 6.45) is 2.20. The smallest absolute Gasteiger partial charge is 0.344 e. The van der Waals surface area contributed by atoms with Crippen LogP contribution in [0.5, 0.6) is 0 Å². The highest BCUT2D eigenvalue weighted by molar-refractivity contribution is 5.86. The molecule has 8 aliphatic rings. The highest BCUT2D eigenvalue weighted by atomic mass is 16.9. The van der Waals surface area contributed by atoms with E-state index in [1.54, 1.807) is 6.92 Å². The number of hydrogen-bond acceptors (Lipinski definition) is 11. The molecule has 6 saturated heterocycles. The summed E-state index contributed by atoms with van der Waals surface area (Å²) in [5.74, 6) is -6.35. The number of rotatable bonds is 3. The Morgan fingerprint density at radius 3 is 2.44 bits per heavy atom. The minimum absolute atomic E-state index is 0.0153. The van der Waals surface area contributed by atoms with Gasteiger partial charge in [-0.3, -0.25) is 4.79 Å². The number of carbonyl (C=O) groups is 2. The normalized spacial score (nSPS) is 59.2. The van der Waals surface area contributed by atoms with Crippen LogP contribution in [0.2, 0.25) is 0 Å². The number of ether oxygens (including phenoxy) is 7. The van der Waals surface area contributed by atoms with Crippen molar-refractivity contribution in [2.45, 2.75) is 138 Å². The summed E-state index contributed by atoms with van der Waals surface area (Å²) in [6.45, 7) is 12.9. The molecule has 2 saturated carbocycles. The predicted molar refractivity (Wildman–Crippen MR) is 146 cm³/mol. The minimum atomic E-state index is -1.89. The van der Waals surface area contributed by atoms with Crippen molar-refractivity contribution < 1.29 is 53.0 Å². The average Bonchev–Trinajstić information content (AvgIpc) is 3.43. The lowest BCUT2D eigenvalue weighted by atomic mass is 9.49. The molecule has 11 heteroatoms. The summed E-state index contributed by atoms with van der Waals surface area (Å²) in [5.41, 5.74) is -5.36. The topological polar surface area (TPSA) is 143 Å². The lowest BCUT2D eigenvalue weighted by Gasteiger charge is -2.63. The molecule has 2 N–H and O–H groups in total. The van der Waals surface area contributed by atoms with Crippen LogP contribution in [0.1, 0.15) is 79.6 Å². The molecule has 0 radical (unpaired) electrons. The van der Waals surface area contributed by atoms with Gasteiger partial charge in [0, 0.05) is 43.9 Å². The molecule has 15 atom stereocenters. The van der Waals surface area contributed by atoms with Crippen LogP contribution in [-0.2, 0) is 42.7 Å². The molecule has 11 nitrogen and oxygen atoms in total. The number of aliphatic hydroxyl groups excluding tert-OH is 2. The van der Waals surface area contributed by atoms with Crippen molar-refractivity contribution in [1.29, 1.82) is 0 Å². The second kappa shape index (κ2) is 8.60. The van der Waals surface area contributed by atoms with Crippen molar-refractivity contribution >= 4 is 11.9 Å². The fraction of sp³-hybridized carbons (Fsp3) is 0.875. The maximum Gasteiger partial charge on any atom is 0.344 e. The fourth-order valence-electron chi connectivity index (χ4n) is 11.1. The zero-order valence-electron chi connectivity index (χ0n) is 25.6. The number of fused-ring (bicyclic) bond motifs is 3. The molecule has 2 aliphatic carbocycles. The van der Waals surface area contributed by atoms with Gasteiger partial charge in [-0.1, -0.05) is 52.5 Å². The molecule has 3 spiro atoms. The van der Waals surface area contributed by atoms with Gasteiger partial charge in [0.15, 0.2) is 5.60 Å². The third kappa shape index (κ3) is 3.07. The molecule has 1 unspecified atom stereocenters. The fourth-order valence-corrected chi connectivity index (χ4v) is 11.1. The van der Waals surface area contributed by atoms with E-state index in [4.69, 9.17) is 33.2 Å². The third-order valence-electron chi connectivity index (χ3n) is 12.6. The Labute approximate surface area is 251 Å². The highest BCUT2D eigenvalue weighted by Crippen LogP contribution is 2.77. The van der Waals surface area contributed by atoms with Crippen LogP contribution in [0.4, 0.5) is 0 Å². The second-order valence-electron chi connectivity index (χ2n) is 14.8. The Morgan fingerprint density at radius 1 is 1.02 bits per heavy atom. The number of epoxide rings is 1. The number of carbonyl (C=O) groups excluding carboxylic acids is 2. The van der Waals surface area contributed by atoms with E-state index >= 15 is 0 Å². The molecule has 0 aromatic heterocycles. The van der Waals surface area contributed by atoms with Crippen molar-refractivity contribution in [2.24, 2.45) is 29.6 Å². The molecule has 6 heterocycles. The minimum Gasteiger partial charge on any atom is -0.459 e. The molecular weight excluding hydrogens is 560 g/mol.